The molecular formula is C33H28ClFN8O2. The summed E-state index contributed by atoms with van der Waals surface area (Å²) >= 11 is 6.03. The van der Waals surface area contributed by atoms with Gasteiger partial charge in [0.05, 0.1) is 18.9 Å². The first-order valence-corrected chi connectivity index (χ1v) is 14.4. The SMILES string of the molecule is COc1ccc(C2CC(c3ccc(Nc4nc(Nc5ccc(F)cc5)nc(Nc5ccc(Cl)cc5)n4)cc3)=NN2C(C)=O)cc1. The molecule has 1 atom stereocenters. The number of rotatable bonds is 9. The lowest BCUT2D eigenvalue weighted by Crippen LogP contribution is -2.24. The topological polar surface area (TPSA) is 117 Å². The smallest absolute Gasteiger partial charge is 0.240 e. The van der Waals surface area contributed by atoms with Crippen LogP contribution in [0.25, 0.3) is 0 Å². The van der Waals surface area contributed by atoms with Gasteiger partial charge in [-0.05, 0) is 83.9 Å². The molecule has 10 nitrogen and oxygen atoms in total. The van der Waals surface area contributed by atoms with Crippen molar-refractivity contribution in [2.24, 2.45) is 5.10 Å². The molecule has 0 aliphatic carbocycles. The number of anilines is 6. The van der Waals surface area contributed by atoms with Crippen LogP contribution in [0, 0.1) is 5.82 Å². The van der Waals surface area contributed by atoms with Crippen LogP contribution in [-0.4, -0.2) is 38.7 Å². The highest BCUT2D eigenvalue weighted by Gasteiger charge is 2.31. The third-order valence-electron chi connectivity index (χ3n) is 7.04. The highest BCUT2D eigenvalue weighted by Crippen LogP contribution is 2.34. The van der Waals surface area contributed by atoms with Gasteiger partial charge in [-0.1, -0.05) is 35.9 Å². The quantitative estimate of drug-likeness (QED) is 0.154. The fourth-order valence-corrected chi connectivity index (χ4v) is 4.93. The number of nitrogens with one attached hydrogen (secondary N) is 3. The molecule has 1 aliphatic rings. The molecule has 3 N–H and O–H groups in total. The molecule has 4 aromatic carbocycles. The molecule has 0 saturated carbocycles. The molecule has 0 fully saturated rings. The van der Waals surface area contributed by atoms with Crippen molar-refractivity contribution >= 4 is 58.1 Å². The van der Waals surface area contributed by atoms with Crippen LogP contribution < -0.4 is 20.7 Å². The van der Waals surface area contributed by atoms with Crippen molar-refractivity contribution in [1.29, 1.82) is 0 Å². The molecule has 2 heterocycles. The van der Waals surface area contributed by atoms with Crippen molar-refractivity contribution in [3.05, 3.63) is 119 Å². The predicted octanol–water partition coefficient (Wildman–Crippen LogP) is 7.60. The highest BCUT2D eigenvalue weighted by atomic mass is 35.5. The van der Waals surface area contributed by atoms with Crippen LogP contribution in [0.4, 0.5) is 39.3 Å². The van der Waals surface area contributed by atoms with Crippen molar-refractivity contribution in [1.82, 2.24) is 20.0 Å². The Morgan fingerprint density at radius 2 is 1.27 bits per heavy atom. The predicted molar refractivity (Wildman–Crippen MR) is 173 cm³/mol. The molecule has 6 rings (SSSR count). The maximum Gasteiger partial charge on any atom is 0.240 e. The molecule has 0 spiro atoms. The first kappa shape index (κ1) is 29.5. The minimum atomic E-state index is -0.346. The molecule has 226 valence electrons. The van der Waals surface area contributed by atoms with Gasteiger partial charge in [-0.25, -0.2) is 9.40 Å². The lowest BCUT2D eigenvalue weighted by atomic mass is 9.98. The standard InChI is InChI=1S/C33H28ClFN8O2/c1-20(44)43-30(22-5-17-28(45-2)18-6-22)19-29(42-43)21-3-11-25(12-4-21)36-31-39-32(37-26-13-7-23(34)8-14-26)41-33(40-31)38-27-15-9-24(35)10-16-27/h3-18,30H,19H2,1-2H3,(H3,36,37,38,39,40,41). The van der Waals surface area contributed by atoms with E-state index in [1.807, 2.05) is 60.7 Å². The van der Waals surface area contributed by atoms with E-state index in [9.17, 15) is 9.18 Å². The number of methoxy groups -OCH3 is 1. The number of benzene rings is 4. The van der Waals surface area contributed by atoms with E-state index in [2.05, 4.69) is 36.0 Å². The van der Waals surface area contributed by atoms with Crippen molar-refractivity contribution in [3.8, 4) is 5.75 Å². The molecule has 1 aromatic heterocycles. The van der Waals surface area contributed by atoms with E-state index in [1.54, 1.807) is 31.4 Å². The van der Waals surface area contributed by atoms with Gasteiger partial charge in [-0.15, -0.1) is 0 Å². The summed E-state index contributed by atoms with van der Waals surface area (Å²) in [7, 11) is 1.62. The monoisotopic (exact) mass is 622 g/mol. The van der Waals surface area contributed by atoms with E-state index >= 15 is 0 Å². The van der Waals surface area contributed by atoms with E-state index in [1.165, 1.54) is 24.1 Å². The van der Waals surface area contributed by atoms with Crippen LogP contribution in [0.1, 0.15) is 30.5 Å². The summed E-state index contributed by atoms with van der Waals surface area (Å²) in [5.74, 6) is 1.08. The molecule has 0 radical (unpaired) electrons. The third kappa shape index (κ3) is 7.16. The molecule has 12 heteroatoms. The average Bonchev–Trinajstić information content (AvgIpc) is 3.50. The molecular weight excluding hydrogens is 595 g/mol. The highest BCUT2D eigenvalue weighted by molar-refractivity contribution is 6.30. The van der Waals surface area contributed by atoms with E-state index < -0.39 is 0 Å². The zero-order valence-electron chi connectivity index (χ0n) is 24.3. The Bertz CT molecular complexity index is 1770. The van der Waals surface area contributed by atoms with Crippen molar-refractivity contribution in [3.63, 3.8) is 0 Å². The van der Waals surface area contributed by atoms with Crippen LogP contribution in [-0.2, 0) is 4.79 Å². The Morgan fingerprint density at radius 3 is 1.76 bits per heavy atom. The van der Waals surface area contributed by atoms with Gasteiger partial charge in [0.25, 0.3) is 0 Å². The van der Waals surface area contributed by atoms with Crippen LogP contribution in [0.5, 0.6) is 5.75 Å². The van der Waals surface area contributed by atoms with Gasteiger partial charge in [0.2, 0.25) is 23.8 Å². The third-order valence-corrected chi connectivity index (χ3v) is 7.30. The Morgan fingerprint density at radius 1 is 0.778 bits per heavy atom. The normalized spacial score (nSPS) is 14.1. The van der Waals surface area contributed by atoms with Gasteiger partial charge in [0.15, 0.2) is 0 Å². The second kappa shape index (κ2) is 13.0. The van der Waals surface area contributed by atoms with Gasteiger partial charge in [-0.3, -0.25) is 4.79 Å². The summed E-state index contributed by atoms with van der Waals surface area (Å²) in [5.41, 5.74) is 4.74. The van der Waals surface area contributed by atoms with Gasteiger partial charge in [0.1, 0.15) is 11.6 Å². The number of aromatic nitrogens is 3. The Kier molecular flexibility index (Phi) is 8.52. The lowest BCUT2D eigenvalue weighted by Gasteiger charge is -2.20. The maximum absolute atomic E-state index is 13.4. The van der Waals surface area contributed by atoms with Crippen LogP contribution in [0.2, 0.25) is 5.02 Å². The molecule has 0 saturated heterocycles. The van der Waals surface area contributed by atoms with E-state index in [0.29, 0.717) is 17.1 Å². The molecule has 1 amide bonds. The Hall–Kier alpha value is -5.55. The zero-order valence-corrected chi connectivity index (χ0v) is 25.1. The first-order valence-electron chi connectivity index (χ1n) is 14.0. The zero-order chi connectivity index (χ0) is 31.3. The summed E-state index contributed by atoms with van der Waals surface area (Å²) in [5, 5.41) is 16.3. The molecule has 1 aliphatic heterocycles. The summed E-state index contributed by atoms with van der Waals surface area (Å²) in [6, 6.07) is 28.1. The fraction of sp³-hybridized carbons (Fsp3) is 0.121. The largest absolute Gasteiger partial charge is 0.497 e. The Balaban J connectivity index is 1.22. The van der Waals surface area contributed by atoms with E-state index in [4.69, 9.17) is 16.3 Å². The first-order chi connectivity index (χ1) is 21.8. The second-order valence-corrected chi connectivity index (χ2v) is 10.6. The van der Waals surface area contributed by atoms with Gasteiger partial charge >= 0.3 is 0 Å². The summed E-state index contributed by atoms with van der Waals surface area (Å²) in [6.45, 7) is 1.51. The van der Waals surface area contributed by atoms with Crippen molar-refractivity contribution in [2.75, 3.05) is 23.1 Å². The van der Waals surface area contributed by atoms with Crippen molar-refractivity contribution < 1.29 is 13.9 Å². The molecule has 1 unspecified atom stereocenters. The number of carbonyl (C=O) groups excluding carboxylic acids is 1. The fourth-order valence-electron chi connectivity index (χ4n) is 4.80. The number of nitrogens with zero attached hydrogens (tertiary/aromatic N) is 5. The summed E-state index contributed by atoms with van der Waals surface area (Å²) < 4.78 is 18.7. The number of amides is 1. The van der Waals surface area contributed by atoms with Gasteiger partial charge in [0, 0.05) is 35.4 Å². The summed E-state index contributed by atoms with van der Waals surface area (Å²) in [6.07, 6.45) is 0.574. The number of hydrazone groups is 1. The van der Waals surface area contributed by atoms with E-state index in [-0.39, 0.29) is 35.6 Å². The number of halogens is 2. The molecule has 5 aromatic rings. The van der Waals surface area contributed by atoms with E-state index in [0.717, 1.165) is 34.0 Å². The number of hydrogen-bond acceptors (Lipinski definition) is 9. The minimum Gasteiger partial charge on any atom is -0.497 e. The molecule has 0 bridgehead atoms. The van der Waals surface area contributed by atoms with Crippen LogP contribution in [0.15, 0.2) is 102 Å². The Labute approximate surface area is 264 Å². The number of ether oxygens (including phenoxy) is 1. The van der Waals surface area contributed by atoms with Crippen LogP contribution in [0.3, 0.4) is 0 Å². The lowest BCUT2D eigenvalue weighted by molar-refractivity contribution is -0.130. The average molecular weight is 623 g/mol. The molecule has 45 heavy (non-hydrogen) atoms. The number of carbonyl (C=O) groups is 1. The van der Waals surface area contributed by atoms with Gasteiger partial charge in [-0.2, -0.15) is 20.1 Å². The minimum absolute atomic E-state index is 0.132. The van der Waals surface area contributed by atoms with Gasteiger partial charge < -0.3 is 20.7 Å². The number of hydrogen-bond donors (Lipinski definition) is 3. The van der Waals surface area contributed by atoms with Crippen LogP contribution >= 0.6 is 11.6 Å². The maximum atomic E-state index is 13.4. The summed E-state index contributed by atoms with van der Waals surface area (Å²) in [4.78, 5) is 26.0. The van der Waals surface area contributed by atoms with Crippen molar-refractivity contribution in [2.45, 2.75) is 19.4 Å². The second-order valence-electron chi connectivity index (χ2n) is 10.2.